The molecular weight excluding hydrogens is 290 g/mol. The maximum Gasteiger partial charge on any atom is 0.269 e. The summed E-state index contributed by atoms with van der Waals surface area (Å²) in [6, 6.07) is 13.5. The van der Waals surface area contributed by atoms with Gasteiger partial charge in [0.05, 0.1) is 18.5 Å². The molecule has 120 valence electrons. The van der Waals surface area contributed by atoms with Crippen molar-refractivity contribution in [3.8, 4) is 11.5 Å². The summed E-state index contributed by atoms with van der Waals surface area (Å²) >= 11 is 0. The summed E-state index contributed by atoms with van der Waals surface area (Å²) in [7, 11) is 1.62. The highest BCUT2D eigenvalue weighted by molar-refractivity contribution is 6.04. The fourth-order valence-corrected chi connectivity index (χ4v) is 2.65. The number of carbonyl (C=O) groups excluding carboxylic acids is 1. The van der Waals surface area contributed by atoms with Gasteiger partial charge in [-0.2, -0.15) is 0 Å². The lowest BCUT2D eigenvalue weighted by Crippen LogP contribution is -2.35. The Kier molecular flexibility index (Phi) is 3.76. The van der Waals surface area contributed by atoms with E-state index in [-0.39, 0.29) is 17.9 Å². The highest BCUT2D eigenvalue weighted by Crippen LogP contribution is 2.40. The molecule has 0 bridgehead atoms. The maximum atomic E-state index is 12.5. The number of methoxy groups -OCH3 is 1. The van der Waals surface area contributed by atoms with Gasteiger partial charge in [-0.25, -0.2) is 0 Å². The molecule has 4 heteroatoms. The summed E-state index contributed by atoms with van der Waals surface area (Å²) in [5.41, 5.74) is 2.71. The van der Waals surface area contributed by atoms with Crippen molar-refractivity contribution in [3.63, 3.8) is 0 Å². The van der Waals surface area contributed by atoms with Crippen LogP contribution in [0.15, 0.2) is 42.5 Å². The van der Waals surface area contributed by atoms with Crippen LogP contribution in [0.3, 0.4) is 0 Å². The van der Waals surface area contributed by atoms with Gasteiger partial charge in [-0.1, -0.05) is 32.9 Å². The minimum atomic E-state index is -0.0863. The van der Waals surface area contributed by atoms with Crippen molar-refractivity contribution in [2.24, 2.45) is 0 Å². The quantitative estimate of drug-likeness (QED) is 0.840. The molecule has 0 saturated carbocycles. The molecule has 0 atom stereocenters. The van der Waals surface area contributed by atoms with Crippen molar-refractivity contribution in [1.82, 2.24) is 0 Å². The topological polar surface area (TPSA) is 38.8 Å². The Labute approximate surface area is 136 Å². The summed E-state index contributed by atoms with van der Waals surface area (Å²) in [6.45, 7) is 6.49. The molecule has 0 fully saturated rings. The summed E-state index contributed by atoms with van der Waals surface area (Å²) in [6.07, 6.45) is 0. The molecule has 0 aromatic heterocycles. The first kappa shape index (κ1) is 15.4. The predicted octanol–water partition coefficient (Wildman–Crippen LogP) is 4.05. The lowest BCUT2D eigenvalue weighted by Gasteiger charge is -2.31. The van der Waals surface area contributed by atoms with Crippen LogP contribution < -0.4 is 14.4 Å². The zero-order valence-electron chi connectivity index (χ0n) is 13.9. The standard InChI is InChI=1S/C19H21NO3/c1-19(2,3)13-8-9-17-16(10-13)20(18(21)12-23-17)14-6-5-7-15(11-14)22-4/h5-11H,12H2,1-4H3. The Morgan fingerprint density at radius 2 is 1.91 bits per heavy atom. The lowest BCUT2D eigenvalue weighted by atomic mass is 9.86. The molecule has 0 unspecified atom stereocenters. The Hall–Kier alpha value is -2.49. The van der Waals surface area contributed by atoms with Crippen LogP contribution in [0.25, 0.3) is 0 Å². The second-order valence-electron chi connectivity index (χ2n) is 6.65. The third-order valence-electron chi connectivity index (χ3n) is 3.98. The van der Waals surface area contributed by atoms with Crippen LogP contribution in [0, 0.1) is 0 Å². The van der Waals surface area contributed by atoms with E-state index in [4.69, 9.17) is 9.47 Å². The average molecular weight is 311 g/mol. The van der Waals surface area contributed by atoms with E-state index in [0.717, 1.165) is 28.4 Å². The molecule has 0 saturated heterocycles. The zero-order chi connectivity index (χ0) is 16.6. The van der Waals surface area contributed by atoms with Gasteiger partial charge in [0.25, 0.3) is 5.91 Å². The number of hydrogen-bond donors (Lipinski definition) is 0. The van der Waals surface area contributed by atoms with Gasteiger partial charge in [0, 0.05) is 6.07 Å². The monoisotopic (exact) mass is 311 g/mol. The van der Waals surface area contributed by atoms with Crippen LogP contribution in [0.1, 0.15) is 26.3 Å². The molecule has 2 aromatic carbocycles. The van der Waals surface area contributed by atoms with Gasteiger partial charge in [0.2, 0.25) is 0 Å². The van der Waals surface area contributed by atoms with Gasteiger partial charge in [-0.15, -0.1) is 0 Å². The van der Waals surface area contributed by atoms with Crippen molar-refractivity contribution >= 4 is 17.3 Å². The highest BCUT2D eigenvalue weighted by Gasteiger charge is 2.28. The van der Waals surface area contributed by atoms with Gasteiger partial charge in [0.15, 0.2) is 6.61 Å². The first-order chi connectivity index (χ1) is 10.9. The van der Waals surface area contributed by atoms with Crippen LogP contribution in [-0.2, 0) is 10.2 Å². The molecule has 0 aliphatic carbocycles. The largest absolute Gasteiger partial charge is 0.497 e. The zero-order valence-corrected chi connectivity index (χ0v) is 13.9. The van der Waals surface area contributed by atoms with E-state index in [1.807, 2.05) is 36.4 Å². The maximum absolute atomic E-state index is 12.5. The van der Waals surface area contributed by atoms with Crippen LogP contribution in [-0.4, -0.2) is 19.6 Å². The van der Waals surface area contributed by atoms with Crippen LogP contribution in [0.4, 0.5) is 11.4 Å². The third-order valence-corrected chi connectivity index (χ3v) is 3.98. The van der Waals surface area contributed by atoms with Crippen molar-refractivity contribution in [2.75, 3.05) is 18.6 Å². The Balaban J connectivity index is 2.13. The van der Waals surface area contributed by atoms with Crippen molar-refractivity contribution in [1.29, 1.82) is 0 Å². The summed E-state index contributed by atoms with van der Waals surface area (Å²) < 4.78 is 10.9. The molecule has 1 amide bonds. The Bertz CT molecular complexity index is 747. The number of anilines is 2. The lowest BCUT2D eigenvalue weighted by molar-refractivity contribution is -0.120. The second kappa shape index (κ2) is 5.61. The van der Waals surface area contributed by atoms with E-state index in [1.54, 1.807) is 12.0 Å². The van der Waals surface area contributed by atoms with E-state index in [2.05, 4.69) is 26.8 Å². The van der Waals surface area contributed by atoms with E-state index in [1.165, 1.54) is 0 Å². The first-order valence-electron chi connectivity index (χ1n) is 7.64. The molecule has 0 N–H and O–H groups in total. The van der Waals surface area contributed by atoms with Crippen LogP contribution in [0.5, 0.6) is 11.5 Å². The van der Waals surface area contributed by atoms with E-state index in [0.29, 0.717) is 0 Å². The van der Waals surface area contributed by atoms with Gasteiger partial charge in [-0.3, -0.25) is 9.69 Å². The van der Waals surface area contributed by atoms with Crippen LogP contribution >= 0.6 is 0 Å². The highest BCUT2D eigenvalue weighted by atomic mass is 16.5. The molecule has 4 nitrogen and oxygen atoms in total. The molecule has 23 heavy (non-hydrogen) atoms. The molecule has 0 radical (unpaired) electrons. The smallest absolute Gasteiger partial charge is 0.269 e. The van der Waals surface area contributed by atoms with Gasteiger partial charge in [-0.05, 0) is 35.2 Å². The van der Waals surface area contributed by atoms with Crippen molar-refractivity contribution < 1.29 is 14.3 Å². The number of carbonyl (C=O) groups is 1. The Morgan fingerprint density at radius 1 is 1.13 bits per heavy atom. The summed E-state index contributed by atoms with van der Waals surface area (Å²) in [5.74, 6) is 1.35. The SMILES string of the molecule is COc1cccc(N2C(=O)COc3ccc(C(C)(C)C)cc32)c1. The third kappa shape index (κ3) is 2.89. The number of fused-ring (bicyclic) bond motifs is 1. The van der Waals surface area contributed by atoms with E-state index >= 15 is 0 Å². The molecule has 0 spiro atoms. The average Bonchev–Trinajstić information content (AvgIpc) is 2.53. The molecule has 1 aliphatic rings. The number of nitrogens with zero attached hydrogens (tertiary/aromatic N) is 1. The fourth-order valence-electron chi connectivity index (χ4n) is 2.65. The fraction of sp³-hybridized carbons (Fsp3) is 0.316. The second-order valence-corrected chi connectivity index (χ2v) is 6.65. The minimum Gasteiger partial charge on any atom is -0.497 e. The van der Waals surface area contributed by atoms with Gasteiger partial charge >= 0.3 is 0 Å². The Morgan fingerprint density at radius 3 is 2.61 bits per heavy atom. The number of amides is 1. The number of benzene rings is 2. The molecule has 1 aliphatic heterocycles. The van der Waals surface area contributed by atoms with Crippen molar-refractivity contribution in [2.45, 2.75) is 26.2 Å². The van der Waals surface area contributed by atoms with Crippen LogP contribution in [0.2, 0.25) is 0 Å². The number of ether oxygens (including phenoxy) is 2. The molecule has 3 rings (SSSR count). The van der Waals surface area contributed by atoms with Gasteiger partial charge in [0.1, 0.15) is 11.5 Å². The summed E-state index contributed by atoms with van der Waals surface area (Å²) in [5, 5.41) is 0. The van der Waals surface area contributed by atoms with E-state index < -0.39 is 0 Å². The van der Waals surface area contributed by atoms with Gasteiger partial charge < -0.3 is 9.47 Å². The normalized spacial score (nSPS) is 14.3. The number of hydrogen-bond acceptors (Lipinski definition) is 3. The molecule has 1 heterocycles. The number of rotatable bonds is 2. The summed E-state index contributed by atoms with van der Waals surface area (Å²) in [4.78, 5) is 14.2. The minimum absolute atomic E-state index is 0.00439. The molecular formula is C19H21NO3. The predicted molar refractivity (Wildman–Crippen MR) is 90.8 cm³/mol. The first-order valence-corrected chi connectivity index (χ1v) is 7.64. The van der Waals surface area contributed by atoms with Crippen molar-refractivity contribution in [3.05, 3.63) is 48.0 Å². The molecule has 2 aromatic rings. The van der Waals surface area contributed by atoms with E-state index in [9.17, 15) is 4.79 Å².